The third kappa shape index (κ3) is 4.28. The van der Waals surface area contributed by atoms with Gasteiger partial charge < -0.3 is 9.73 Å². The molecule has 1 atom stereocenters. The number of carbonyl (C=O) groups excluding carboxylic acids is 1. The first-order chi connectivity index (χ1) is 14.4. The minimum Gasteiger partial charge on any atom is -0.453 e. The number of carbonyl (C=O) groups is 1. The van der Waals surface area contributed by atoms with Gasteiger partial charge in [-0.3, -0.25) is 9.36 Å². The highest BCUT2D eigenvalue weighted by molar-refractivity contribution is 8.00. The monoisotopic (exact) mass is 459 g/mol. The number of halogens is 1. The summed E-state index contributed by atoms with van der Waals surface area (Å²) in [5.41, 5.74) is 1.58. The van der Waals surface area contributed by atoms with E-state index in [-0.39, 0.29) is 5.91 Å². The summed E-state index contributed by atoms with van der Waals surface area (Å²) in [6.45, 7) is 7.99. The van der Waals surface area contributed by atoms with Crippen molar-refractivity contribution in [3.05, 3.63) is 53.0 Å². The normalized spacial score (nSPS) is 12.2. The van der Waals surface area contributed by atoms with Gasteiger partial charge in [-0.1, -0.05) is 29.4 Å². The first kappa shape index (κ1) is 20.6. The number of anilines is 1. The molecule has 1 N–H and O–H groups in total. The number of thiazole rings is 1. The van der Waals surface area contributed by atoms with Crippen LogP contribution in [0.15, 0.2) is 51.9 Å². The Hall–Kier alpha value is -2.62. The van der Waals surface area contributed by atoms with E-state index in [1.54, 1.807) is 12.1 Å². The van der Waals surface area contributed by atoms with Crippen LogP contribution in [0.25, 0.3) is 22.6 Å². The Labute approximate surface area is 186 Å². The molecule has 1 aromatic carbocycles. The van der Waals surface area contributed by atoms with Crippen molar-refractivity contribution in [3.8, 4) is 11.6 Å². The van der Waals surface area contributed by atoms with Gasteiger partial charge in [-0.2, -0.15) is 0 Å². The average Bonchev–Trinajstić information content (AvgIpc) is 3.41. The second-order valence-corrected chi connectivity index (χ2v) is 9.14. The molecule has 0 aliphatic carbocycles. The Morgan fingerprint density at radius 1 is 1.43 bits per heavy atom. The van der Waals surface area contributed by atoms with Gasteiger partial charge in [0.2, 0.25) is 11.7 Å². The van der Waals surface area contributed by atoms with E-state index in [0.29, 0.717) is 39.0 Å². The van der Waals surface area contributed by atoms with Crippen molar-refractivity contribution >= 4 is 56.7 Å². The van der Waals surface area contributed by atoms with Crippen LogP contribution in [0.3, 0.4) is 0 Å². The Kier molecular flexibility index (Phi) is 5.94. The van der Waals surface area contributed by atoms with Crippen molar-refractivity contribution < 1.29 is 9.21 Å². The molecule has 10 heteroatoms. The zero-order valence-electron chi connectivity index (χ0n) is 16.3. The fourth-order valence-corrected chi connectivity index (χ4v) is 4.54. The minimum absolute atomic E-state index is 0.151. The number of aryl methyl sites for hydroxylation is 1. The number of benzene rings is 1. The molecule has 0 aliphatic heterocycles. The summed E-state index contributed by atoms with van der Waals surface area (Å²) in [5, 5.41) is 15.6. The van der Waals surface area contributed by atoms with E-state index in [4.69, 9.17) is 16.0 Å². The van der Waals surface area contributed by atoms with Gasteiger partial charge in [-0.25, -0.2) is 4.98 Å². The summed E-state index contributed by atoms with van der Waals surface area (Å²) in [6.07, 6.45) is 1.75. The summed E-state index contributed by atoms with van der Waals surface area (Å²) >= 11 is 8.78. The summed E-state index contributed by atoms with van der Waals surface area (Å²) < 4.78 is 7.80. The number of thioether (sulfide) groups is 1. The molecule has 4 aromatic rings. The molecule has 3 aromatic heterocycles. The lowest BCUT2D eigenvalue weighted by atomic mass is 10.2. The Morgan fingerprint density at radius 2 is 2.27 bits per heavy atom. The second-order valence-electron chi connectivity index (χ2n) is 6.54. The lowest BCUT2D eigenvalue weighted by Crippen LogP contribution is -2.22. The molecular formula is C20H18ClN5O2S2. The van der Waals surface area contributed by atoms with Gasteiger partial charge in [0.1, 0.15) is 5.58 Å². The van der Waals surface area contributed by atoms with Crippen LogP contribution in [0.5, 0.6) is 0 Å². The first-order valence-corrected chi connectivity index (χ1v) is 11.2. The van der Waals surface area contributed by atoms with Crippen LogP contribution < -0.4 is 5.32 Å². The molecule has 0 bridgehead atoms. The molecule has 1 amide bonds. The number of hydrogen-bond acceptors (Lipinski definition) is 7. The van der Waals surface area contributed by atoms with Crippen LogP contribution in [0, 0.1) is 6.92 Å². The molecule has 3 heterocycles. The number of rotatable bonds is 7. The number of hydrogen-bond donors (Lipinski definition) is 1. The molecule has 4 rings (SSSR count). The number of allylic oxidation sites excluding steroid dienone is 1. The fourth-order valence-electron chi connectivity index (χ4n) is 2.81. The lowest BCUT2D eigenvalue weighted by Gasteiger charge is -2.11. The van der Waals surface area contributed by atoms with Crippen molar-refractivity contribution in [2.24, 2.45) is 0 Å². The number of nitrogens with zero attached hydrogens (tertiary/aromatic N) is 4. The van der Waals surface area contributed by atoms with E-state index in [0.717, 1.165) is 11.1 Å². The van der Waals surface area contributed by atoms with Gasteiger partial charge in [0.25, 0.3) is 0 Å². The third-order valence-electron chi connectivity index (χ3n) is 4.23. The van der Waals surface area contributed by atoms with E-state index in [2.05, 4.69) is 27.1 Å². The smallest absolute Gasteiger partial charge is 0.239 e. The summed E-state index contributed by atoms with van der Waals surface area (Å²) in [5.74, 6) is 0.985. The van der Waals surface area contributed by atoms with Gasteiger partial charge >= 0.3 is 0 Å². The largest absolute Gasteiger partial charge is 0.453 e. The predicted octanol–water partition coefficient (Wildman–Crippen LogP) is 5.41. The van der Waals surface area contributed by atoms with E-state index in [1.165, 1.54) is 23.1 Å². The average molecular weight is 460 g/mol. The number of nitrogens with one attached hydrogen (secondary N) is 1. The third-order valence-corrected chi connectivity index (χ3v) is 6.42. The van der Waals surface area contributed by atoms with Crippen LogP contribution in [-0.4, -0.2) is 30.9 Å². The molecule has 0 fully saturated rings. The Balaban J connectivity index is 1.58. The predicted molar refractivity (Wildman–Crippen MR) is 121 cm³/mol. The highest BCUT2D eigenvalue weighted by Gasteiger charge is 2.22. The molecule has 154 valence electrons. The minimum atomic E-state index is -0.399. The molecule has 0 radical (unpaired) electrons. The van der Waals surface area contributed by atoms with E-state index in [9.17, 15) is 4.79 Å². The molecular weight excluding hydrogens is 442 g/mol. The van der Waals surface area contributed by atoms with Gasteiger partial charge in [0.05, 0.1) is 10.9 Å². The Morgan fingerprint density at radius 3 is 3.00 bits per heavy atom. The van der Waals surface area contributed by atoms with E-state index < -0.39 is 5.25 Å². The van der Waals surface area contributed by atoms with Crippen molar-refractivity contribution in [3.63, 3.8) is 0 Å². The molecule has 7 nitrogen and oxygen atoms in total. The molecule has 30 heavy (non-hydrogen) atoms. The SMILES string of the molecule is C=CCn1c(S[C@H](C)C(=O)Nc2nc(C)cs2)nnc1-c1cc2cc(Cl)ccc2o1. The molecule has 0 saturated carbocycles. The first-order valence-electron chi connectivity index (χ1n) is 9.08. The summed E-state index contributed by atoms with van der Waals surface area (Å²) in [7, 11) is 0. The highest BCUT2D eigenvalue weighted by atomic mass is 35.5. The quantitative estimate of drug-likeness (QED) is 0.293. The summed E-state index contributed by atoms with van der Waals surface area (Å²) in [6, 6.07) is 7.30. The lowest BCUT2D eigenvalue weighted by molar-refractivity contribution is -0.115. The van der Waals surface area contributed by atoms with Crippen molar-refractivity contribution in [1.82, 2.24) is 19.7 Å². The maximum absolute atomic E-state index is 12.5. The second kappa shape index (κ2) is 8.63. The number of fused-ring (bicyclic) bond motifs is 1. The van der Waals surface area contributed by atoms with Gasteiger partial charge in [-0.05, 0) is 38.1 Å². The zero-order valence-corrected chi connectivity index (χ0v) is 18.6. The zero-order chi connectivity index (χ0) is 21.3. The molecule has 0 aliphatic rings. The van der Waals surface area contributed by atoms with Crippen LogP contribution >= 0.6 is 34.7 Å². The van der Waals surface area contributed by atoms with Gasteiger partial charge in [0, 0.05) is 22.3 Å². The van der Waals surface area contributed by atoms with Crippen LogP contribution in [0.1, 0.15) is 12.6 Å². The maximum atomic E-state index is 12.5. The fraction of sp³-hybridized carbons (Fsp3) is 0.200. The van der Waals surface area contributed by atoms with E-state index in [1.807, 2.05) is 42.0 Å². The number of amides is 1. The van der Waals surface area contributed by atoms with Crippen LogP contribution in [0.4, 0.5) is 5.13 Å². The van der Waals surface area contributed by atoms with Crippen molar-refractivity contribution in [2.75, 3.05) is 5.32 Å². The van der Waals surface area contributed by atoms with Crippen molar-refractivity contribution in [1.29, 1.82) is 0 Å². The summed E-state index contributed by atoms with van der Waals surface area (Å²) in [4.78, 5) is 16.8. The van der Waals surface area contributed by atoms with E-state index >= 15 is 0 Å². The number of furan rings is 1. The van der Waals surface area contributed by atoms with Gasteiger partial charge in [0.15, 0.2) is 16.0 Å². The molecule has 0 unspecified atom stereocenters. The highest BCUT2D eigenvalue weighted by Crippen LogP contribution is 2.32. The number of aromatic nitrogens is 4. The molecule has 0 saturated heterocycles. The van der Waals surface area contributed by atoms with Crippen LogP contribution in [0.2, 0.25) is 5.02 Å². The molecule has 0 spiro atoms. The topological polar surface area (TPSA) is 85.8 Å². The maximum Gasteiger partial charge on any atom is 0.239 e. The Bertz CT molecular complexity index is 1230. The standard InChI is InChI=1S/C20H18ClN5O2S2/c1-4-7-26-17(16-9-13-8-14(21)5-6-15(13)28-16)24-25-20(26)30-12(3)18(27)23-19-22-11(2)10-29-19/h4-6,8-10,12H,1,7H2,2-3H3,(H,22,23,27)/t12-/m1/s1. The van der Waals surface area contributed by atoms with Crippen molar-refractivity contribution in [2.45, 2.75) is 30.8 Å². The van der Waals surface area contributed by atoms with Crippen LogP contribution in [-0.2, 0) is 11.3 Å². The van der Waals surface area contributed by atoms with Gasteiger partial charge in [-0.15, -0.1) is 28.1 Å².